The Hall–Kier alpha value is -1.68. The van der Waals surface area contributed by atoms with Gasteiger partial charge in [0.25, 0.3) is 0 Å². The van der Waals surface area contributed by atoms with Crippen LogP contribution in [0.2, 0.25) is 0 Å². The molecule has 0 radical (unpaired) electrons. The Morgan fingerprint density at radius 3 is 2.68 bits per heavy atom. The Morgan fingerprint density at radius 2 is 2.05 bits per heavy atom. The molecular weight excluding hydrogens is 238 g/mol. The maximum absolute atomic E-state index is 12.3. The first-order valence-corrected chi connectivity index (χ1v) is 6.68. The van der Waals surface area contributed by atoms with E-state index >= 15 is 0 Å². The van der Waals surface area contributed by atoms with Gasteiger partial charge in [0.1, 0.15) is 5.78 Å². The van der Waals surface area contributed by atoms with Crippen LogP contribution in [0.4, 0.5) is 0 Å². The van der Waals surface area contributed by atoms with Crippen LogP contribution in [0.25, 0.3) is 10.9 Å². The van der Waals surface area contributed by atoms with Gasteiger partial charge in [0.2, 0.25) is 0 Å². The van der Waals surface area contributed by atoms with E-state index in [2.05, 4.69) is 5.10 Å². The van der Waals surface area contributed by atoms with Crippen LogP contribution in [0.15, 0.2) is 24.3 Å². The summed E-state index contributed by atoms with van der Waals surface area (Å²) in [6.45, 7) is 4.47. The molecule has 4 heteroatoms. The van der Waals surface area contributed by atoms with Crippen molar-refractivity contribution in [3.63, 3.8) is 0 Å². The van der Waals surface area contributed by atoms with Crippen molar-refractivity contribution in [1.82, 2.24) is 9.78 Å². The zero-order valence-electron chi connectivity index (χ0n) is 11.8. The number of ketones is 1. The smallest absolute Gasteiger partial charge is 0.143 e. The number of aromatic nitrogens is 2. The first-order chi connectivity index (χ1) is 9.04. The molecule has 2 aromatic rings. The summed E-state index contributed by atoms with van der Waals surface area (Å²) in [6, 6.07) is 7.98. The summed E-state index contributed by atoms with van der Waals surface area (Å²) < 4.78 is 1.82. The second-order valence-corrected chi connectivity index (χ2v) is 5.32. The Labute approximate surface area is 113 Å². The third-order valence-corrected chi connectivity index (χ3v) is 3.65. The van der Waals surface area contributed by atoms with Gasteiger partial charge in [-0.1, -0.05) is 32.0 Å². The number of nitrogens with zero attached hydrogens (tertiary/aromatic N) is 2. The van der Waals surface area contributed by atoms with Crippen LogP contribution in [0, 0.1) is 11.8 Å². The molecule has 19 heavy (non-hydrogen) atoms. The molecule has 0 saturated carbocycles. The number of aryl methyl sites for hydroxylation is 1. The lowest BCUT2D eigenvalue weighted by Gasteiger charge is -2.16. The monoisotopic (exact) mass is 259 g/mol. The van der Waals surface area contributed by atoms with Crippen LogP contribution in [-0.4, -0.2) is 22.1 Å². The predicted molar refractivity (Wildman–Crippen MR) is 76.8 cm³/mol. The fourth-order valence-electron chi connectivity index (χ4n) is 2.49. The van der Waals surface area contributed by atoms with Crippen molar-refractivity contribution < 1.29 is 4.79 Å². The van der Waals surface area contributed by atoms with Gasteiger partial charge in [0.05, 0.1) is 17.6 Å². The van der Waals surface area contributed by atoms with Gasteiger partial charge in [-0.3, -0.25) is 9.48 Å². The highest BCUT2D eigenvalue weighted by atomic mass is 16.1. The molecule has 0 aliphatic heterocycles. The highest BCUT2D eigenvalue weighted by Gasteiger charge is 2.22. The fraction of sp³-hybridized carbons (Fsp3) is 0.467. The summed E-state index contributed by atoms with van der Waals surface area (Å²) in [4.78, 5) is 12.3. The van der Waals surface area contributed by atoms with Crippen molar-refractivity contribution in [3.05, 3.63) is 30.0 Å². The minimum Gasteiger partial charge on any atom is -0.330 e. The average molecular weight is 259 g/mol. The quantitative estimate of drug-likeness (QED) is 0.892. The SMILES string of the molecule is CC(C)C(CN)C(=O)Cc1nn(C)c2ccccc12. The maximum Gasteiger partial charge on any atom is 0.143 e. The lowest BCUT2D eigenvalue weighted by Crippen LogP contribution is -2.29. The van der Waals surface area contributed by atoms with Crippen molar-refractivity contribution in [1.29, 1.82) is 0 Å². The van der Waals surface area contributed by atoms with E-state index in [0.29, 0.717) is 13.0 Å². The number of rotatable bonds is 5. The molecule has 0 aliphatic carbocycles. The normalized spacial score (nSPS) is 13.1. The molecular formula is C15H21N3O. The zero-order valence-corrected chi connectivity index (χ0v) is 11.8. The minimum absolute atomic E-state index is 0.0826. The van der Waals surface area contributed by atoms with Crippen LogP contribution in [0.3, 0.4) is 0 Å². The lowest BCUT2D eigenvalue weighted by atomic mass is 9.89. The molecule has 1 atom stereocenters. The van der Waals surface area contributed by atoms with E-state index in [1.165, 1.54) is 0 Å². The van der Waals surface area contributed by atoms with Gasteiger partial charge in [-0.05, 0) is 12.0 Å². The highest BCUT2D eigenvalue weighted by Crippen LogP contribution is 2.20. The van der Waals surface area contributed by atoms with Crippen molar-refractivity contribution in [2.45, 2.75) is 20.3 Å². The van der Waals surface area contributed by atoms with Crippen LogP contribution in [0.1, 0.15) is 19.5 Å². The molecule has 0 spiro atoms. The number of carbonyl (C=O) groups excluding carboxylic acids is 1. The van der Waals surface area contributed by atoms with E-state index in [1.54, 1.807) is 0 Å². The molecule has 2 rings (SSSR count). The Balaban J connectivity index is 2.29. The van der Waals surface area contributed by atoms with Crippen LogP contribution < -0.4 is 5.73 Å². The third kappa shape index (κ3) is 2.68. The number of nitrogens with two attached hydrogens (primary N) is 1. The first-order valence-electron chi connectivity index (χ1n) is 6.68. The summed E-state index contributed by atoms with van der Waals surface area (Å²) in [5.74, 6) is 0.370. The number of carbonyl (C=O) groups is 1. The van der Waals surface area contributed by atoms with Gasteiger partial charge < -0.3 is 5.73 Å². The number of Topliss-reactive ketones (excluding diaryl/α,β-unsaturated/α-hetero) is 1. The Kier molecular flexibility index (Phi) is 4.00. The predicted octanol–water partition coefficient (Wildman–Crippen LogP) is 1.92. The third-order valence-electron chi connectivity index (χ3n) is 3.65. The van der Waals surface area contributed by atoms with Gasteiger partial charge >= 0.3 is 0 Å². The Morgan fingerprint density at radius 1 is 1.37 bits per heavy atom. The molecule has 2 N–H and O–H groups in total. The van der Waals surface area contributed by atoms with Gasteiger partial charge in [0.15, 0.2) is 0 Å². The average Bonchev–Trinajstić information content (AvgIpc) is 2.67. The van der Waals surface area contributed by atoms with Gasteiger partial charge in [-0.15, -0.1) is 0 Å². The van der Waals surface area contributed by atoms with E-state index < -0.39 is 0 Å². The van der Waals surface area contributed by atoms with Gasteiger partial charge in [-0.25, -0.2) is 0 Å². The van der Waals surface area contributed by atoms with Crippen LogP contribution in [-0.2, 0) is 18.3 Å². The number of benzene rings is 1. The summed E-state index contributed by atoms with van der Waals surface area (Å²) in [7, 11) is 1.90. The molecule has 1 unspecified atom stereocenters. The van der Waals surface area contributed by atoms with E-state index in [1.807, 2.05) is 49.8 Å². The second-order valence-electron chi connectivity index (χ2n) is 5.32. The van der Waals surface area contributed by atoms with E-state index in [0.717, 1.165) is 16.6 Å². The molecule has 0 bridgehead atoms. The zero-order chi connectivity index (χ0) is 14.0. The van der Waals surface area contributed by atoms with Crippen molar-refractivity contribution in [2.75, 3.05) is 6.54 Å². The molecule has 0 fully saturated rings. The molecule has 0 aliphatic rings. The lowest BCUT2D eigenvalue weighted by molar-refractivity contribution is -0.123. The summed E-state index contributed by atoms with van der Waals surface area (Å²) in [6.07, 6.45) is 0.362. The first kappa shape index (κ1) is 13.7. The minimum atomic E-state index is -0.0826. The molecule has 102 valence electrons. The molecule has 1 aromatic carbocycles. The number of para-hydroxylation sites is 1. The van der Waals surface area contributed by atoms with Crippen molar-refractivity contribution in [3.8, 4) is 0 Å². The number of fused-ring (bicyclic) bond motifs is 1. The van der Waals surface area contributed by atoms with E-state index in [4.69, 9.17) is 5.73 Å². The van der Waals surface area contributed by atoms with E-state index in [-0.39, 0.29) is 17.6 Å². The molecule has 1 heterocycles. The van der Waals surface area contributed by atoms with E-state index in [9.17, 15) is 4.79 Å². The standard InChI is InChI=1S/C15H21N3O/c1-10(2)12(9-16)15(19)8-13-11-6-4-5-7-14(11)18(3)17-13/h4-7,10,12H,8-9,16H2,1-3H3. The molecule has 4 nitrogen and oxygen atoms in total. The number of hydrogen-bond acceptors (Lipinski definition) is 3. The maximum atomic E-state index is 12.3. The summed E-state index contributed by atoms with van der Waals surface area (Å²) >= 11 is 0. The molecule has 0 amide bonds. The Bertz CT molecular complexity index is 586. The van der Waals surface area contributed by atoms with Crippen LogP contribution in [0.5, 0.6) is 0 Å². The van der Waals surface area contributed by atoms with Crippen molar-refractivity contribution in [2.24, 2.45) is 24.6 Å². The molecule has 0 saturated heterocycles. The fourth-order valence-corrected chi connectivity index (χ4v) is 2.49. The van der Waals surface area contributed by atoms with Gasteiger partial charge in [0, 0.05) is 24.9 Å². The van der Waals surface area contributed by atoms with Crippen molar-refractivity contribution >= 4 is 16.7 Å². The van der Waals surface area contributed by atoms with Gasteiger partial charge in [-0.2, -0.15) is 5.10 Å². The number of hydrogen-bond donors (Lipinski definition) is 1. The summed E-state index contributed by atoms with van der Waals surface area (Å²) in [5, 5.41) is 5.51. The molecule has 1 aromatic heterocycles. The van der Waals surface area contributed by atoms with Crippen LogP contribution >= 0.6 is 0 Å². The topological polar surface area (TPSA) is 60.9 Å². The summed E-state index contributed by atoms with van der Waals surface area (Å²) in [5.41, 5.74) is 7.60. The highest BCUT2D eigenvalue weighted by molar-refractivity contribution is 5.89. The largest absolute Gasteiger partial charge is 0.330 e. The second kappa shape index (κ2) is 5.53.